The van der Waals surface area contributed by atoms with Gasteiger partial charge in [-0.15, -0.1) is 11.6 Å². The number of hydrogen-bond acceptors (Lipinski definition) is 4. The third-order valence-electron chi connectivity index (χ3n) is 9.51. The molecule has 0 heterocycles. The van der Waals surface area contributed by atoms with Crippen LogP contribution in [0.25, 0.3) is 0 Å². The van der Waals surface area contributed by atoms with Crippen LogP contribution in [0.3, 0.4) is 0 Å². The number of rotatable bonds is 2. The minimum atomic E-state index is -0.646. The predicted molar refractivity (Wildman–Crippen MR) is 108 cm³/mol. The fraction of sp³-hybridized carbons (Fsp3) is 0.913. The summed E-state index contributed by atoms with van der Waals surface area (Å²) in [4.78, 5) is 23.1. The minimum absolute atomic E-state index is 0.0213. The largest absolute Gasteiger partial charge is 0.463 e. The zero-order valence-electron chi connectivity index (χ0n) is 17.7. The average molecular weight is 411 g/mol. The van der Waals surface area contributed by atoms with Gasteiger partial charge in [0.2, 0.25) is 0 Å². The van der Waals surface area contributed by atoms with Crippen molar-refractivity contribution >= 4 is 23.4 Å². The molecule has 1 N–H and O–H groups in total. The van der Waals surface area contributed by atoms with E-state index < -0.39 is 11.0 Å². The van der Waals surface area contributed by atoms with E-state index in [1.54, 1.807) is 6.92 Å². The number of ether oxygens (including phenoxy) is 1. The third kappa shape index (κ3) is 2.66. The lowest BCUT2D eigenvalue weighted by molar-refractivity contribution is -0.173. The number of hydrogen-bond donors (Lipinski definition) is 1. The smallest absolute Gasteiger partial charge is 0.302 e. The maximum absolute atomic E-state index is 12.3. The zero-order valence-corrected chi connectivity index (χ0v) is 18.4. The molecule has 4 nitrogen and oxygen atoms in total. The van der Waals surface area contributed by atoms with Crippen molar-refractivity contribution in [2.75, 3.05) is 0 Å². The fourth-order valence-corrected chi connectivity index (χ4v) is 8.82. The van der Waals surface area contributed by atoms with Crippen LogP contribution in [-0.4, -0.2) is 33.9 Å². The van der Waals surface area contributed by atoms with Gasteiger partial charge >= 0.3 is 5.97 Å². The monoisotopic (exact) mass is 410 g/mol. The van der Waals surface area contributed by atoms with Gasteiger partial charge in [-0.1, -0.05) is 13.8 Å². The molecule has 0 spiro atoms. The lowest BCUT2D eigenvalue weighted by atomic mass is 9.43. The van der Waals surface area contributed by atoms with Crippen molar-refractivity contribution in [1.82, 2.24) is 0 Å². The van der Waals surface area contributed by atoms with E-state index in [1.165, 1.54) is 6.92 Å². The molecule has 9 atom stereocenters. The summed E-state index contributed by atoms with van der Waals surface area (Å²) in [6.45, 7) is 7.68. The number of ketones is 1. The first-order valence-corrected chi connectivity index (χ1v) is 11.5. The van der Waals surface area contributed by atoms with Crippen molar-refractivity contribution in [3.8, 4) is 0 Å². The van der Waals surface area contributed by atoms with Crippen LogP contribution in [0, 0.1) is 34.5 Å². The molecule has 0 aromatic rings. The molecule has 4 rings (SSSR count). The second-order valence-corrected chi connectivity index (χ2v) is 11.3. The van der Waals surface area contributed by atoms with Gasteiger partial charge in [-0.25, -0.2) is 0 Å². The summed E-state index contributed by atoms with van der Waals surface area (Å²) >= 11 is 7.51. The van der Waals surface area contributed by atoms with Gasteiger partial charge in [0.1, 0.15) is 11.9 Å². The third-order valence-corrected chi connectivity index (χ3v) is 10.5. The number of aliphatic hydroxyl groups excluding tert-OH is 1. The van der Waals surface area contributed by atoms with Crippen LogP contribution in [0.1, 0.15) is 79.1 Å². The molecule has 0 saturated heterocycles. The van der Waals surface area contributed by atoms with Gasteiger partial charge < -0.3 is 9.84 Å². The van der Waals surface area contributed by atoms with Gasteiger partial charge in [0.25, 0.3) is 0 Å². The molecule has 4 aliphatic carbocycles. The number of carbonyl (C=O) groups excluding carboxylic acids is 2. The van der Waals surface area contributed by atoms with Crippen molar-refractivity contribution in [2.24, 2.45) is 34.5 Å². The zero-order chi connectivity index (χ0) is 20.5. The van der Waals surface area contributed by atoms with Crippen LogP contribution in [0.4, 0.5) is 0 Å². The summed E-state index contributed by atoms with van der Waals surface area (Å²) < 4.78 is 5.52. The Morgan fingerprint density at radius 2 is 1.71 bits per heavy atom. The molecule has 0 unspecified atom stereocenters. The molecule has 0 radical (unpaired) electrons. The van der Waals surface area contributed by atoms with Crippen LogP contribution in [-0.2, 0) is 14.3 Å². The first-order chi connectivity index (χ1) is 13.0. The van der Waals surface area contributed by atoms with E-state index >= 15 is 0 Å². The highest BCUT2D eigenvalue weighted by molar-refractivity contribution is 6.25. The van der Waals surface area contributed by atoms with Crippen molar-refractivity contribution in [3.05, 3.63) is 0 Å². The summed E-state index contributed by atoms with van der Waals surface area (Å²) in [6, 6.07) is 0. The van der Waals surface area contributed by atoms with Gasteiger partial charge in [-0.05, 0) is 86.9 Å². The molecular formula is C23H35ClO4. The van der Waals surface area contributed by atoms with E-state index in [0.29, 0.717) is 18.3 Å². The fourth-order valence-electron chi connectivity index (χ4n) is 8.23. The van der Waals surface area contributed by atoms with Crippen molar-refractivity contribution in [3.63, 3.8) is 0 Å². The standard InChI is InChI=1S/C23H35ClO4/c1-13(25)17-7-8-18-19-6-5-15-11-16(28-14(2)26)9-10-22(15,4)23(19,24)20(27)12-21(17,18)3/h15-20,27H,5-12H2,1-4H3/t15-,16+,17+,18-,19-,20-,21+,22-,23-/m0/s1. The maximum Gasteiger partial charge on any atom is 0.302 e. The van der Waals surface area contributed by atoms with Gasteiger partial charge in [-0.2, -0.15) is 0 Å². The number of alkyl halides is 1. The molecule has 0 aromatic carbocycles. The highest BCUT2D eigenvalue weighted by Crippen LogP contribution is 2.71. The summed E-state index contributed by atoms with van der Waals surface area (Å²) in [5.74, 6) is 1.13. The summed E-state index contributed by atoms with van der Waals surface area (Å²) in [6.07, 6.45) is 6.59. The van der Waals surface area contributed by atoms with Crippen LogP contribution in [0.2, 0.25) is 0 Å². The van der Waals surface area contributed by atoms with Gasteiger partial charge in [0.05, 0.1) is 11.0 Å². The average Bonchev–Trinajstić information content (AvgIpc) is 2.93. The molecule has 28 heavy (non-hydrogen) atoms. The normalized spacial score (nSPS) is 52.9. The Hall–Kier alpha value is -0.610. The molecule has 0 amide bonds. The lowest BCUT2D eigenvalue weighted by Gasteiger charge is -2.66. The Kier molecular flexibility index (Phi) is 4.94. The Balaban J connectivity index is 1.65. The number of halogens is 1. The Bertz CT molecular complexity index is 680. The molecular weight excluding hydrogens is 376 g/mol. The topological polar surface area (TPSA) is 63.6 Å². The highest BCUT2D eigenvalue weighted by atomic mass is 35.5. The lowest BCUT2D eigenvalue weighted by Crippen LogP contribution is -2.68. The van der Waals surface area contributed by atoms with E-state index in [9.17, 15) is 14.7 Å². The van der Waals surface area contributed by atoms with E-state index in [2.05, 4.69) is 13.8 Å². The van der Waals surface area contributed by atoms with E-state index in [4.69, 9.17) is 16.3 Å². The number of aliphatic hydroxyl groups is 1. The van der Waals surface area contributed by atoms with Crippen LogP contribution < -0.4 is 0 Å². The molecule has 0 aromatic heterocycles. The molecule has 4 saturated carbocycles. The Morgan fingerprint density at radius 3 is 2.36 bits per heavy atom. The maximum atomic E-state index is 12.3. The first-order valence-electron chi connectivity index (χ1n) is 11.1. The SMILES string of the molecule is CC(=O)O[C@@H]1CC[C@@]2(C)[C@@H](CC[C@H]3[C@@H]4CC[C@H](C(C)=O)[C@@]4(C)C[C@H](O)[C@@]32Cl)C1. The number of fused-ring (bicyclic) bond motifs is 5. The summed E-state index contributed by atoms with van der Waals surface area (Å²) in [5, 5.41) is 11.5. The first kappa shape index (κ1) is 20.7. The number of Topliss-reactive ketones (excluding diaryl/α,β-unsaturated/α-hetero) is 1. The van der Waals surface area contributed by atoms with E-state index in [0.717, 1.165) is 44.9 Å². The summed E-state index contributed by atoms with van der Waals surface area (Å²) in [7, 11) is 0. The second-order valence-electron chi connectivity index (χ2n) is 10.6. The minimum Gasteiger partial charge on any atom is -0.463 e. The molecule has 4 aliphatic rings. The van der Waals surface area contributed by atoms with E-state index in [-0.39, 0.29) is 40.5 Å². The predicted octanol–water partition coefficient (Wildman–Crippen LogP) is 4.50. The van der Waals surface area contributed by atoms with Crippen molar-refractivity contribution in [2.45, 2.75) is 96.1 Å². The van der Waals surface area contributed by atoms with Gasteiger partial charge in [0.15, 0.2) is 0 Å². The summed E-state index contributed by atoms with van der Waals surface area (Å²) in [5.41, 5.74) is -0.296. The Labute approximate surface area is 173 Å². The highest BCUT2D eigenvalue weighted by Gasteiger charge is 2.70. The quantitative estimate of drug-likeness (QED) is 0.537. The van der Waals surface area contributed by atoms with Gasteiger partial charge in [0, 0.05) is 12.8 Å². The van der Waals surface area contributed by atoms with Crippen LogP contribution in [0.5, 0.6) is 0 Å². The van der Waals surface area contributed by atoms with Crippen molar-refractivity contribution in [1.29, 1.82) is 0 Å². The second kappa shape index (κ2) is 6.70. The van der Waals surface area contributed by atoms with Crippen molar-refractivity contribution < 1.29 is 19.4 Å². The number of esters is 1. The molecule has 0 aliphatic heterocycles. The van der Waals surface area contributed by atoms with Crippen LogP contribution >= 0.6 is 11.6 Å². The molecule has 5 heteroatoms. The number of carbonyl (C=O) groups is 2. The Morgan fingerprint density at radius 1 is 1.04 bits per heavy atom. The molecule has 4 fully saturated rings. The van der Waals surface area contributed by atoms with Crippen LogP contribution in [0.15, 0.2) is 0 Å². The van der Waals surface area contributed by atoms with E-state index in [1.807, 2.05) is 0 Å². The molecule has 158 valence electrons. The molecule has 0 bridgehead atoms. The van der Waals surface area contributed by atoms with Gasteiger partial charge in [-0.3, -0.25) is 9.59 Å².